The van der Waals surface area contributed by atoms with E-state index in [9.17, 15) is 24.0 Å². The number of ketones is 1. The standard InChI is InChI=1S/C54H70F3N7O9Si/c1-31(70-3)36(29-48(66)72-5)52(67)62-19-9-11-45(62)47(65)25-33-13-15-34(16-14-33)43-17-18-44(64(43)35-26-39(56)50(40(57)27-35)61-21-23-74(7,8)24-22-61)37-28-41-42(30-38(37)55)59-51(58-41)46-12-10-20-63(46)53(68)49(32(2)71-4)60-54(69)73-6/h13-16,26-28,30-32,36,43-46,49H,9-12,17-25,29H2,1-8H3,(H,58,59)(H,60,69)/t31-,32-,36+,43+,44+,45+,46+,49+/m1/s1. The molecule has 0 spiro atoms. The minimum absolute atomic E-state index is 0.0443. The Morgan fingerprint density at radius 1 is 0.757 bits per heavy atom. The third-order valence-corrected chi connectivity index (χ3v) is 19.2. The molecule has 8 atom stereocenters. The van der Waals surface area contributed by atoms with E-state index in [0.29, 0.717) is 92.7 Å². The first-order valence-corrected chi connectivity index (χ1v) is 29.2. The summed E-state index contributed by atoms with van der Waals surface area (Å²) in [5.74, 6) is -3.70. The van der Waals surface area contributed by atoms with Crippen molar-refractivity contribution in [1.29, 1.82) is 0 Å². The van der Waals surface area contributed by atoms with Crippen LogP contribution in [0.25, 0.3) is 11.0 Å². The number of aromatic nitrogens is 2. The van der Waals surface area contributed by atoms with Crippen LogP contribution in [0.15, 0.2) is 48.5 Å². The van der Waals surface area contributed by atoms with Gasteiger partial charge < -0.3 is 48.8 Å². The third kappa shape index (κ3) is 11.3. The molecule has 4 aliphatic rings. The number of alkyl carbamates (subject to hydrolysis) is 1. The van der Waals surface area contributed by atoms with Crippen molar-refractivity contribution < 1.29 is 56.1 Å². The average molecular weight is 1050 g/mol. The van der Waals surface area contributed by atoms with Gasteiger partial charge in [0.25, 0.3) is 0 Å². The molecule has 0 radical (unpaired) electrons. The molecule has 4 saturated heterocycles. The summed E-state index contributed by atoms with van der Waals surface area (Å²) < 4.78 is 70.4. The zero-order valence-electron chi connectivity index (χ0n) is 43.7. The third-order valence-electron chi connectivity index (χ3n) is 16.0. The van der Waals surface area contributed by atoms with Crippen LogP contribution in [0.2, 0.25) is 25.2 Å². The van der Waals surface area contributed by atoms with E-state index in [0.717, 1.165) is 17.7 Å². The summed E-state index contributed by atoms with van der Waals surface area (Å²) in [5.41, 5.74) is 2.86. The Kier molecular flexibility index (Phi) is 16.8. The van der Waals surface area contributed by atoms with Gasteiger partial charge in [0.1, 0.15) is 23.4 Å². The van der Waals surface area contributed by atoms with Crippen LogP contribution in [0.3, 0.4) is 0 Å². The number of fused-ring (bicyclic) bond motifs is 1. The molecular formula is C54H70F3N7O9Si. The molecule has 3 amide bonds. The maximum atomic E-state index is 16.8. The second-order valence-electron chi connectivity index (χ2n) is 21.1. The maximum absolute atomic E-state index is 16.8. The van der Waals surface area contributed by atoms with Gasteiger partial charge in [0.15, 0.2) is 17.4 Å². The van der Waals surface area contributed by atoms with Gasteiger partial charge in [-0.25, -0.2) is 22.9 Å². The number of carbonyl (C=O) groups excluding carboxylic acids is 5. The highest BCUT2D eigenvalue weighted by molar-refractivity contribution is 6.77. The van der Waals surface area contributed by atoms with Crippen molar-refractivity contribution in [2.24, 2.45) is 5.92 Å². The van der Waals surface area contributed by atoms with Gasteiger partial charge in [-0.1, -0.05) is 37.4 Å². The van der Waals surface area contributed by atoms with Gasteiger partial charge >= 0.3 is 12.1 Å². The molecule has 8 rings (SSSR count). The normalized spacial score (nSPS) is 22.4. The molecule has 0 unspecified atom stereocenters. The quantitative estimate of drug-likeness (QED) is 0.0765. The van der Waals surface area contributed by atoms with Crippen LogP contribution in [-0.4, -0.2) is 136 Å². The number of imidazole rings is 1. The summed E-state index contributed by atoms with van der Waals surface area (Å²) in [6, 6.07) is 11.7. The molecule has 4 fully saturated rings. The number of nitrogens with zero attached hydrogens (tertiary/aromatic N) is 5. The molecule has 74 heavy (non-hydrogen) atoms. The van der Waals surface area contributed by atoms with Crippen molar-refractivity contribution in [3.8, 4) is 0 Å². The Bertz CT molecular complexity index is 2690. The molecule has 4 aliphatic heterocycles. The predicted octanol–water partition coefficient (Wildman–Crippen LogP) is 8.33. The van der Waals surface area contributed by atoms with Gasteiger partial charge in [-0.15, -0.1) is 0 Å². The van der Waals surface area contributed by atoms with E-state index in [1.807, 2.05) is 29.2 Å². The average Bonchev–Trinajstić information content (AvgIpc) is 4.23. The van der Waals surface area contributed by atoms with Crippen molar-refractivity contribution in [1.82, 2.24) is 25.1 Å². The summed E-state index contributed by atoms with van der Waals surface area (Å²) in [5, 5.41) is 2.59. The number of halogens is 3. The highest BCUT2D eigenvalue weighted by atomic mass is 28.3. The number of nitrogens with one attached hydrogen (secondary N) is 2. The summed E-state index contributed by atoms with van der Waals surface area (Å²) >= 11 is 0. The number of Topliss-reactive ketones (excluding diaryl/α,β-unsaturated/α-hetero) is 1. The second-order valence-corrected chi connectivity index (χ2v) is 26.4. The Labute approximate surface area is 431 Å². The maximum Gasteiger partial charge on any atom is 0.407 e. The van der Waals surface area contributed by atoms with Crippen molar-refractivity contribution in [3.05, 3.63) is 88.5 Å². The topological polar surface area (TPSA) is 176 Å². The smallest absolute Gasteiger partial charge is 0.407 e. The Morgan fingerprint density at radius 2 is 1.41 bits per heavy atom. The van der Waals surface area contributed by atoms with Crippen LogP contribution in [0, 0.1) is 23.4 Å². The number of benzene rings is 3. The number of anilines is 2. The van der Waals surface area contributed by atoms with Crippen LogP contribution in [0.4, 0.5) is 29.3 Å². The van der Waals surface area contributed by atoms with E-state index in [4.69, 9.17) is 23.9 Å². The summed E-state index contributed by atoms with van der Waals surface area (Å²) in [7, 11) is 3.93. The van der Waals surface area contributed by atoms with Gasteiger partial charge in [-0.3, -0.25) is 19.2 Å². The van der Waals surface area contributed by atoms with E-state index >= 15 is 13.2 Å². The zero-order valence-corrected chi connectivity index (χ0v) is 44.7. The number of methoxy groups -OCH3 is 4. The summed E-state index contributed by atoms with van der Waals surface area (Å²) in [4.78, 5) is 81.3. The molecule has 2 N–H and O–H groups in total. The van der Waals surface area contributed by atoms with Crippen molar-refractivity contribution >= 4 is 60.1 Å². The molecule has 0 bridgehead atoms. The lowest BCUT2D eigenvalue weighted by molar-refractivity contribution is -0.151. The van der Waals surface area contributed by atoms with Gasteiger partial charge in [-0.05, 0) is 93.8 Å². The monoisotopic (exact) mass is 1050 g/mol. The Hall–Kier alpha value is -5.99. The molecule has 1 aromatic heterocycles. The van der Waals surface area contributed by atoms with Crippen LogP contribution >= 0.6 is 0 Å². The number of carbonyl (C=O) groups is 5. The molecule has 4 aromatic rings. The highest BCUT2D eigenvalue weighted by Gasteiger charge is 2.43. The molecule has 20 heteroatoms. The second kappa shape index (κ2) is 22.9. The summed E-state index contributed by atoms with van der Waals surface area (Å²) in [6.45, 7) is 9.86. The zero-order chi connectivity index (χ0) is 53.2. The first-order chi connectivity index (χ1) is 35.4. The van der Waals surface area contributed by atoms with E-state index in [1.165, 1.54) is 46.6 Å². The number of hydrogen-bond acceptors (Lipinski definition) is 12. The fraction of sp³-hybridized carbons (Fsp3) is 0.556. The van der Waals surface area contributed by atoms with Gasteiger partial charge in [0, 0.05) is 64.1 Å². The molecular weight excluding hydrogens is 976 g/mol. The Morgan fingerprint density at radius 3 is 2.05 bits per heavy atom. The number of rotatable bonds is 17. The minimum Gasteiger partial charge on any atom is -0.469 e. The number of esters is 1. The highest BCUT2D eigenvalue weighted by Crippen LogP contribution is 2.49. The first-order valence-electron chi connectivity index (χ1n) is 25.8. The molecule has 0 aliphatic carbocycles. The lowest BCUT2D eigenvalue weighted by Gasteiger charge is -2.38. The number of hydrogen-bond donors (Lipinski definition) is 2. The van der Waals surface area contributed by atoms with E-state index in [2.05, 4.69) is 23.4 Å². The predicted molar refractivity (Wildman–Crippen MR) is 275 cm³/mol. The minimum atomic E-state index is -1.46. The number of ether oxygens (including phenoxy) is 4. The number of H-pyrrole nitrogens is 1. The van der Waals surface area contributed by atoms with Crippen molar-refractivity contribution in [3.63, 3.8) is 0 Å². The number of aromatic amines is 1. The molecule has 16 nitrogen and oxygen atoms in total. The molecule has 5 heterocycles. The van der Waals surface area contributed by atoms with E-state index < -0.39 is 85.9 Å². The van der Waals surface area contributed by atoms with Crippen LogP contribution in [-0.2, 0) is 44.5 Å². The SMILES string of the molecule is COC(=O)C[C@H](C(=O)N1CCC[C@H]1C(=O)Cc1ccc([C@@H]2CC[C@@H](c3cc4[nH]c([C@@H]5CCCN5C(=O)[C@@H](NC(=O)OC)[C@@H](C)OC)nc4cc3F)N2c2cc(F)c(N3CC[Si](C)(C)CC3)c(F)c2)cc1)[C@@H](C)OC. The van der Waals surface area contributed by atoms with Crippen LogP contribution in [0.1, 0.15) is 99.4 Å². The van der Waals surface area contributed by atoms with Crippen LogP contribution in [0.5, 0.6) is 0 Å². The lowest BCUT2D eigenvalue weighted by atomic mass is 9.95. The number of amides is 3. The van der Waals surface area contributed by atoms with Crippen molar-refractivity contribution in [2.75, 3.05) is 64.4 Å². The fourth-order valence-corrected chi connectivity index (χ4v) is 13.5. The Balaban J connectivity index is 1.08. The lowest BCUT2D eigenvalue weighted by Crippen LogP contribution is -2.54. The number of likely N-dealkylation sites (tertiary alicyclic amines) is 2. The summed E-state index contributed by atoms with van der Waals surface area (Å²) in [6.07, 6.45) is 1.10. The fourth-order valence-electron chi connectivity index (χ4n) is 11.5. The van der Waals surface area contributed by atoms with E-state index in [-0.39, 0.29) is 41.8 Å². The van der Waals surface area contributed by atoms with Gasteiger partial charge in [0.05, 0.1) is 82.0 Å². The van der Waals surface area contributed by atoms with Gasteiger partial charge in [0.2, 0.25) is 11.8 Å². The molecule has 0 saturated carbocycles. The largest absolute Gasteiger partial charge is 0.469 e. The molecule has 400 valence electrons. The molecule has 3 aromatic carbocycles. The van der Waals surface area contributed by atoms with Crippen molar-refractivity contribution in [2.45, 2.75) is 133 Å². The van der Waals surface area contributed by atoms with Crippen LogP contribution < -0.4 is 15.1 Å². The first kappa shape index (κ1) is 54.3. The van der Waals surface area contributed by atoms with Gasteiger partial charge in [-0.2, -0.15) is 0 Å². The van der Waals surface area contributed by atoms with E-state index in [1.54, 1.807) is 34.6 Å².